The number of benzene rings is 1. The van der Waals surface area contributed by atoms with Crippen LogP contribution in [0.3, 0.4) is 0 Å². The monoisotopic (exact) mass is 351 g/mol. The van der Waals surface area contributed by atoms with Crippen LogP contribution in [0.4, 0.5) is 4.79 Å². The van der Waals surface area contributed by atoms with E-state index in [0.29, 0.717) is 6.54 Å². The van der Waals surface area contributed by atoms with E-state index >= 15 is 0 Å². The molecule has 0 bridgehead atoms. The van der Waals surface area contributed by atoms with Crippen LogP contribution in [0.15, 0.2) is 29.2 Å². The van der Waals surface area contributed by atoms with Crippen LogP contribution < -0.4 is 10.6 Å². The zero-order valence-corrected chi connectivity index (χ0v) is 16.3. The van der Waals surface area contributed by atoms with Gasteiger partial charge in [0.1, 0.15) is 6.54 Å². The minimum absolute atomic E-state index is 0.0533. The van der Waals surface area contributed by atoms with Gasteiger partial charge in [0, 0.05) is 17.0 Å². The number of likely N-dealkylation sites (N-methyl/N-ethyl adjacent to an activating group) is 1. The fraction of sp³-hybridized carbons (Fsp3) is 0.556. The van der Waals surface area contributed by atoms with E-state index in [1.165, 1.54) is 9.80 Å². The fourth-order valence-corrected chi connectivity index (χ4v) is 2.62. The molecule has 0 heterocycles. The third kappa shape index (κ3) is 6.83. The molecule has 0 radical (unpaired) electrons. The second kappa shape index (κ2) is 8.97. The third-order valence-corrected chi connectivity index (χ3v) is 4.22. The fourth-order valence-electron chi connectivity index (χ4n) is 2.21. The molecule has 1 rings (SSSR count). The first-order valence-electron chi connectivity index (χ1n) is 8.16. The Balaban J connectivity index is 2.63. The van der Waals surface area contributed by atoms with Crippen molar-refractivity contribution in [2.24, 2.45) is 0 Å². The van der Waals surface area contributed by atoms with Crippen molar-refractivity contribution in [3.63, 3.8) is 0 Å². The summed E-state index contributed by atoms with van der Waals surface area (Å²) in [7, 11) is 0. The van der Waals surface area contributed by atoms with Crippen molar-refractivity contribution >= 4 is 23.7 Å². The van der Waals surface area contributed by atoms with Crippen LogP contribution in [0.2, 0.25) is 0 Å². The van der Waals surface area contributed by atoms with Gasteiger partial charge in [-0.3, -0.25) is 4.79 Å². The number of thioether (sulfide) groups is 1. The van der Waals surface area contributed by atoms with Crippen molar-refractivity contribution < 1.29 is 9.59 Å². The first kappa shape index (κ1) is 20.4. The zero-order valence-electron chi connectivity index (χ0n) is 15.5. The van der Waals surface area contributed by atoms with Gasteiger partial charge in [0.15, 0.2) is 0 Å². The number of amides is 3. The van der Waals surface area contributed by atoms with E-state index in [9.17, 15) is 9.59 Å². The lowest BCUT2D eigenvalue weighted by molar-refractivity contribution is -0.123. The highest BCUT2D eigenvalue weighted by Gasteiger charge is 2.20. The number of urea groups is 1. The highest BCUT2D eigenvalue weighted by atomic mass is 32.2. The minimum atomic E-state index is -0.306. The largest absolute Gasteiger partial charge is 0.350 e. The summed E-state index contributed by atoms with van der Waals surface area (Å²) in [4.78, 5) is 27.1. The number of rotatable bonds is 6. The van der Waals surface area contributed by atoms with Crippen molar-refractivity contribution in [2.75, 3.05) is 19.3 Å². The topological polar surface area (TPSA) is 61.4 Å². The molecule has 6 heteroatoms. The quantitative estimate of drug-likeness (QED) is 0.772. The molecule has 1 atom stereocenters. The summed E-state index contributed by atoms with van der Waals surface area (Å²) in [5.74, 6) is -0.156. The van der Waals surface area contributed by atoms with Crippen LogP contribution in [-0.2, 0) is 4.79 Å². The summed E-state index contributed by atoms with van der Waals surface area (Å²) in [5.41, 5.74) is 0.732. The maximum absolute atomic E-state index is 12.4. The average molecular weight is 352 g/mol. The van der Waals surface area contributed by atoms with Crippen molar-refractivity contribution in [1.29, 1.82) is 0 Å². The molecule has 5 nitrogen and oxygen atoms in total. The second-order valence-electron chi connectivity index (χ2n) is 6.76. The van der Waals surface area contributed by atoms with Gasteiger partial charge in [-0.2, -0.15) is 0 Å². The maximum atomic E-state index is 12.4. The predicted molar refractivity (Wildman–Crippen MR) is 100 cm³/mol. The van der Waals surface area contributed by atoms with E-state index in [1.807, 2.05) is 65.1 Å². The van der Waals surface area contributed by atoms with Gasteiger partial charge >= 0.3 is 6.03 Å². The maximum Gasteiger partial charge on any atom is 0.318 e. The Morgan fingerprint density at radius 2 is 1.79 bits per heavy atom. The lowest BCUT2D eigenvalue weighted by atomic mass is 10.1. The van der Waals surface area contributed by atoms with Crippen LogP contribution in [0.5, 0.6) is 0 Å². The van der Waals surface area contributed by atoms with E-state index in [1.54, 1.807) is 11.8 Å². The van der Waals surface area contributed by atoms with Gasteiger partial charge in [0.05, 0.1) is 6.04 Å². The molecule has 0 aliphatic rings. The van der Waals surface area contributed by atoms with Crippen LogP contribution in [0, 0.1) is 0 Å². The molecule has 2 N–H and O–H groups in total. The Morgan fingerprint density at radius 1 is 1.21 bits per heavy atom. The second-order valence-corrected chi connectivity index (χ2v) is 7.64. The molecule has 0 saturated heterocycles. The number of carbonyl (C=O) groups is 2. The number of carbonyl (C=O) groups excluding carboxylic acids is 2. The van der Waals surface area contributed by atoms with Gasteiger partial charge in [0.2, 0.25) is 5.91 Å². The molecule has 24 heavy (non-hydrogen) atoms. The molecule has 0 aliphatic heterocycles. The van der Waals surface area contributed by atoms with Crippen molar-refractivity contribution in [2.45, 2.75) is 51.1 Å². The average Bonchev–Trinajstić information content (AvgIpc) is 2.50. The van der Waals surface area contributed by atoms with Crippen LogP contribution in [-0.4, -0.2) is 41.7 Å². The van der Waals surface area contributed by atoms with Gasteiger partial charge in [-0.05, 0) is 58.6 Å². The number of hydrogen-bond donors (Lipinski definition) is 2. The van der Waals surface area contributed by atoms with E-state index < -0.39 is 0 Å². The van der Waals surface area contributed by atoms with Gasteiger partial charge in [-0.15, -0.1) is 11.8 Å². The molecule has 0 fully saturated rings. The number of nitrogens with zero attached hydrogens (tertiary/aromatic N) is 1. The minimum Gasteiger partial charge on any atom is -0.350 e. The molecule has 0 aliphatic carbocycles. The van der Waals surface area contributed by atoms with Crippen molar-refractivity contribution in [3.05, 3.63) is 29.8 Å². The zero-order chi connectivity index (χ0) is 18.3. The summed E-state index contributed by atoms with van der Waals surface area (Å²) >= 11 is 1.68. The summed E-state index contributed by atoms with van der Waals surface area (Å²) in [6.45, 7) is 10.1. The molecule has 1 unspecified atom stereocenters. The molecule has 1 aromatic carbocycles. The predicted octanol–water partition coefficient (Wildman–Crippen LogP) is 3.42. The van der Waals surface area contributed by atoms with E-state index in [4.69, 9.17) is 0 Å². The summed E-state index contributed by atoms with van der Waals surface area (Å²) in [6, 6.07) is 7.75. The van der Waals surface area contributed by atoms with E-state index in [-0.39, 0.29) is 30.1 Å². The van der Waals surface area contributed by atoms with Crippen LogP contribution in [0.1, 0.15) is 46.2 Å². The number of hydrogen-bond acceptors (Lipinski definition) is 3. The molecule has 134 valence electrons. The van der Waals surface area contributed by atoms with Gasteiger partial charge in [0.25, 0.3) is 0 Å². The summed E-state index contributed by atoms with van der Waals surface area (Å²) < 4.78 is 0. The first-order chi connectivity index (χ1) is 11.2. The Labute approximate surface area is 149 Å². The van der Waals surface area contributed by atoms with E-state index in [2.05, 4.69) is 10.6 Å². The van der Waals surface area contributed by atoms with Crippen LogP contribution in [0.25, 0.3) is 0 Å². The van der Waals surface area contributed by atoms with Gasteiger partial charge in [-0.1, -0.05) is 12.1 Å². The molecule has 0 saturated carbocycles. The molecule has 1 aromatic rings. The molecular formula is C18H29N3O2S. The van der Waals surface area contributed by atoms with Crippen molar-refractivity contribution in [3.8, 4) is 0 Å². The molecule has 3 amide bonds. The summed E-state index contributed by atoms with van der Waals surface area (Å²) in [6.07, 6.45) is 2.03. The standard InChI is InChI=1S/C18H29N3O2S/c1-7-21(12-16(22)20-18(3,4)5)17(23)19-13(2)14-8-10-15(24-6)11-9-14/h8-11,13H,7,12H2,1-6H3,(H,19,23)(H,20,22). The highest BCUT2D eigenvalue weighted by Crippen LogP contribution is 2.19. The normalized spacial score (nSPS) is 12.4. The smallest absolute Gasteiger partial charge is 0.318 e. The first-order valence-corrected chi connectivity index (χ1v) is 9.39. The highest BCUT2D eigenvalue weighted by molar-refractivity contribution is 7.98. The van der Waals surface area contributed by atoms with Gasteiger partial charge < -0.3 is 15.5 Å². The Morgan fingerprint density at radius 3 is 2.25 bits per heavy atom. The van der Waals surface area contributed by atoms with Crippen molar-refractivity contribution in [1.82, 2.24) is 15.5 Å². The molecule has 0 aromatic heterocycles. The lowest BCUT2D eigenvalue weighted by Crippen LogP contribution is -2.49. The number of nitrogens with one attached hydrogen (secondary N) is 2. The third-order valence-electron chi connectivity index (χ3n) is 3.47. The Bertz CT molecular complexity index is 552. The molecular weight excluding hydrogens is 322 g/mol. The SMILES string of the molecule is CCN(CC(=O)NC(C)(C)C)C(=O)NC(C)c1ccc(SC)cc1. The molecule has 0 spiro atoms. The van der Waals surface area contributed by atoms with Crippen LogP contribution >= 0.6 is 11.8 Å². The lowest BCUT2D eigenvalue weighted by Gasteiger charge is -2.26. The summed E-state index contributed by atoms with van der Waals surface area (Å²) in [5, 5.41) is 5.83. The van der Waals surface area contributed by atoms with Gasteiger partial charge in [-0.25, -0.2) is 4.79 Å². The van der Waals surface area contributed by atoms with E-state index in [0.717, 1.165) is 5.56 Å². The Kier molecular flexibility index (Phi) is 7.60. The Hall–Kier alpha value is -1.69.